The van der Waals surface area contributed by atoms with Gasteiger partial charge in [-0.2, -0.15) is 0 Å². The molecule has 2 fully saturated rings. The average molecular weight is 338 g/mol. The minimum absolute atomic E-state index is 0.0333. The van der Waals surface area contributed by atoms with E-state index in [4.69, 9.17) is 0 Å². The molecule has 0 spiro atoms. The van der Waals surface area contributed by atoms with Gasteiger partial charge in [-0.15, -0.1) is 0 Å². The Hall–Kier alpha value is -0.940. The summed E-state index contributed by atoms with van der Waals surface area (Å²) in [5.74, 6) is 1.03. The zero-order valence-electron chi connectivity index (χ0n) is 12.0. The van der Waals surface area contributed by atoms with Crippen LogP contribution < -0.4 is 10.6 Å². The second-order valence-electron chi connectivity index (χ2n) is 6.55. The summed E-state index contributed by atoms with van der Waals surface area (Å²) in [4.78, 5) is 16.8. The van der Waals surface area contributed by atoms with E-state index in [0.29, 0.717) is 23.2 Å². The number of nitrogens with zero attached hydrogens (tertiary/aromatic N) is 1. The molecule has 0 unspecified atom stereocenters. The van der Waals surface area contributed by atoms with Crippen LogP contribution in [0.15, 0.2) is 16.7 Å². The van der Waals surface area contributed by atoms with Crippen LogP contribution in [0.25, 0.3) is 0 Å². The minimum Gasteiger partial charge on any atom is -0.309 e. The van der Waals surface area contributed by atoms with Gasteiger partial charge in [-0.25, -0.2) is 4.98 Å². The molecule has 1 saturated carbocycles. The molecule has 2 aliphatic rings. The third-order valence-electron chi connectivity index (χ3n) is 4.50. The van der Waals surface area contributed by atoms with Gasteiger partial charge in [-0.1, -0.05) is 26.8 Å². The lowest BCUT2D eigenvalue weighted by Crippen LogP contribution is -2.38. The van der Waals surface area contributed by atoms with Gasteiger partial charge < -0.3 is 10.6 Å². The first-order chi connectivity index (χ1) is 9.39. The summed E-state index contributed by atoms with van der Waals surface area (Å²) in [6.45, 7) is 6.45. The van der Waals surface area contributed by atoms with Crippen molar-refractivity contribution >= 4 is 27.7 Å². The van der Waals surface area contributed by atoms with E-state index in [1.165, 1.54) is 6.42 Å². The van der Waals surface area contributed by atoms with Crippen LogP contribution in [0, 0.1) is 5.41 Å². The van der Waals surface area contributed by atoms with Crippen LogP contribution in [-0.4, -0.2) is 23.0 Å². The first-order valence-electron chi connectivity index (χ1n) is 7.12. The Morgan fingerprint density at radius 1 is 1.50 bits per heavy atom. The van der Waals surface area contributed by atoms with Gasteiger partial charge in [0, 0.05) is 6.04 Å². The number of halogens is 1. The zero-order chi connectivity index (χ0) is 14.5. The van der Waals surface area contributed by atoms with Crippen molar-refractivity contribution in [3.63, 3.8) is 0 Å². The molecule has 1 aromatic heterocycles. The number of carbonyl (C=O) groups excluding carboxylic acids is 1. The number of carbonyl (C=O) groups is 1. The van der Waals surface area contributed by atoms with E-state index >= 15 is 0 Å². The van der Waals surface area contributed by atoms with Gasteiger partial charge >= 0.3 is 0 Å². The van der Waals surface area contributed by atoms with Gasteiger partial charge in [0.1, 0.15) is 10.4 Å². The lowest BCUT2D eigenvalue weighted by atomic mass is 10.0. The molecule has 0 radical (unpaired) electrons. The second-order valence-corrected chi connectivity index (χ2v) is 7.36. The molecular weight excluding hydrogens is 318 g/mol. The predicted molar refractivity (Wildman–Crippen MR) is 82.7 cm³/mol. The van der Waals surface area contributed by atoms with Crippen molar-refractivity contribution < 1.29 is 4.79 Å². The highest BCUT2D eigenvalue weighted by atomic mass is 79.9. The summed E-state index contributed by atoms with van der Waals surface area (Å²) in [5.41, 5.74) is 1.41. The largest absolute Gasteiger partial charge is 0.309 e. The summed E-state index contributed by atoms with van der Waals surface area (Å²) in [6, 6.07) is 4.37. The molecule has 3 atom stereocenters. The summed E-state index contributed by atoms with van der Waals surface area (Å²) in [6.07, 6.45) is 2.12. The van der Waals surface area contributed by atoms with Crippen molar-refractivity contribution in [2.75, 3.05) is 5.32 Å². The fourth-order valence-corrected chi connectivity index (χ4v) is 3.35. The summed E-state index contributed by atoms with van der Waals surface area (Å²) in [5, 5.41) is 6.39. The van der Waals surface area contributed by atoms with Crippen LogP contribution >= 0.6 is 15.9 Å². The molecule has 4 nitrogen and oxygen atoms in total. The fourth-order valence-electron chi connectivity index (χ4n) is 3.05. The van der Waals surface area contributed by atoms with E-state index in [1.807, 2.05) is 12.1 Å². The average Bonchev–Trinajstić information content (AvgIpc) is 2.87. The highest BCUT2D eigenvalue weighted by Gasteiger charge is 2.58. The number of hydrogen-bond donors (Lipinski definition) is 2. The Kier molecular flexibility index (Phi) is 3.37. The number of pyridine rings is 1. The molecule has 20 heavy (non-hydrogen) atoms. The van der Waals surface area contributed by atoms with Crippen LogP contribution in [0.3, 0.4) is 0 Å². The summed E-state index contributed by atoms with van der Waals surface area (Å²) >= 11 is 3.37. The fraction of sp³-hybridized carbons (Fsp3) is 0.600. The Balaban J connectivity index is 1.74. The Bertz CT molecular complexity index is 560. The van der Waals surface area contributed by atoms with Crippen molar-refractivity contribution in [2.24, 2.45) is 5.41 Å². The number of amides is 1. The van der Waals surface area contributed by atoms with Crippen LogP contribution in [0.5, 0.6) is 0 Å². The Morgan fingerprint density at radius 2 is 2.25 bits per heavy atom. The molecule has 1 saturated heterocycles. The molecule has 1 amide bonds. The summed E-state index contributed by atoms with van der Waals surface area (Å²) in [7, 11) is 0. The van der Waals surface area contributed by atoms with Gasteiger partial charge in [0.25, 0.3) is 0 Å². The van der Waals surface area contributed by atoms with Crippen molar-refractivity contribution in [3.8, 4) is 0 Å². The maximum atomic E-state index is 12.4. The van der Waals surface area contributed by atoms with Crippen LogP contribution in [0.4, 0.5) is 5.82 Å². The van der Waals surface area contributed by atoms with E-state index in [-0.39, 0.29) is 11.9 Å². The number of fused-ring (bicyclic) bond motifs is 1. The molecule has 5 heteroatoms. The molecule has 0 aromatic carbocycles. The van der Waals surface area contributed by atoms with E-state index in [9.17, 15) is 4.79 Å². The van der Waals surface area contributed by atoms with Gasteiger partial charge in [0.2, 0.25) is 5.91 Å². The second kappa shape index (κ2) is 4.81. The lowest BCUT2D eigenvalue weighted by molar-refractivity contribution is -0.118. The molecular formula is C15H20BrN3O. The number of aromatic nitrogens is 1. The van der Waals surface area contributed by atoms with Crippen LogP contribution in [0.2, 0.25) is 0 Å². The highest BCUT2D eigenvalue weighted by molar-refractivity contribution is 9.10. The number of hydrogen-bond acceptors (Lipinski definition) is 3. The minimum atomic E-state index is -0.0838. The summed E-state index contributed by atoms with van der Waals surface area (Å²) < 4.78 is 0.742. The molecule has 1 aromatic rings. The van der Waals surface area contributed by atoms with E-state index < -0.39 is 0 Å². The van der Waals surface area contributed by atoms with Crippen molar-refractivity contribution in [2.45, 2.75) is 51.6 Å². The SMILES string of the molecule is CC(C)c1ccc(Br)nc1NC(=O)[C@@H]1C[C@@]2(C)C[C@H]2N1. The number of piperidine rings is 1. The van der Waals surface area contributed by atoms with E-state index in [2.05, 4.69) is 52.3 Å². The number of anilines is 1. The third kappa shape index (κ3) is 2.49. The highest BCUT2D eigenvalue weighted by Crippen LogP contribution is 2.53. The number of rotatable bonds is 3. The van der Waals surface area contributed by atoms with Crippen molar-refractivity contribution in [3.05, 3.63) is 22.3 Å². The Morgan fingerprint density at radius 3 is 2.85 bits per heavy atom. The van der Waals surface area contributed by atoms with Crippen molar-refractivity contribution in [1.29, 1.82) is 0 Å². The maximum absolute atomic E-state index is 12.4. The topological polar surface area (TPSA) is 54.0 Å². The first kappa shape index (κ1) is 14.0. The smallest absolute Gasteiger partial charge is 0.242 e. The van der Waals surface area contributed by atoms with Crippen LogP contribution in [-0.2, 0) is 4.79 Å². The molecule has 3 rings (SSSR count). The maximum Gasteiger partial charge on any atom is 0.242 e. The lowest BCUT2D eigenvalue weighted by Gasteiger charge is -2.17. The van der Waals surface area contributed by atoms with E-state index in [1.54, 1.807) is 0 Å². The third-order valence-corrected chi connectivity index (χ3v) is 4.94. The molecule has 0 bridgehead atoms. The van der Waals surface area contributed by atoms with E-state index in [0.717, 1.165) is 16.6 Å². The van der Waals surface area contributed by atoms with Gasteiger partial charge in [-0.3, -0.25) is 4.79 Å². The molecule has 1 aliphatic carbocycles. The molecule has 108 valence electrons. The van der Waals surface area contributed by atoms with Gasteiger partial charge in [-0.05, 0) is 51.7 Å². The quantitative estimate of drug-likeness (QED) is 0.833. The first-order valence-corrected chi connectivity index (χ1v) is 7.92. The molecule has 2 heterocycles. The number of nitrogens with one attached hydrogen (secondary N) is 2. The molecule has 1 aliphatic heterocycles. The molecule has 2 N–H and O–H groups in total. The standard InChI is InChI=1S/C15H20BrN3O/c1-8(2)9-4-5-12(16)18-13(9)19-14(20)10-6-15(3)7-11(15)17-10/h4-5,8,10-11,17H,6-7H2,1-3H3,(H,18,19,20)/t10-,11+,15-/m0/s1. The van der Waals surface area contributed by atoms with Crippen LogP contribution in [0.1, 0.15) is 45.1 Å². The predicted octanol–water partition coefficient (Wildman–Crippen LogP) is 3.05. The monoisotopic (exact) mass is 337 g/mol. The zero-order valence-corrected chi connectivity index (χ0v) is 13.6. The Labute approximate surface area is 127 Å². The normalized spacial score (nSPS) is 31.2. The van der Waals surface area contributed by atoms with Crippen molar-refractivity contribution in [1.82, 2.24) is 10.3 Å². The van der Waals surface area contributed by atoms with Gasteiger partial charge in [0.05, 0.1) is 6.04 Å². The van der Waals surface area contributed by atoms with Gasteiger partial charge in [0.15, 0.2) is 0 Å².